The molecule has 0 aromatic rings. The molecule has 4 heteroatoms. The Morgan fingerprint density at radius 3 is 2.57 bits per heavy atom. The van der Waals surface area contributed by atoms with Crippen LogP contribution in [0.3, 0.4) is 0 Å². The van der Waals surface area contributed by atoms with Crippen molar-refractivity contribution in [2.75, 3.05) is 0 Å². The lowest BCUT2D eigenvalue weighted by Gasteiger charge is -2.44. The zero-order valence-corrected chi connectivity index (χ0v) is 13.7. The van der Waals surface area contributed by atoms with E-state index in [0.717, 1.165) is 24.8 Å². The number of aliphatic hydroxyl groups excluding tert-OH is 2. The maximum absolute atomic E-state index is 12.0. The maximum atomic E-state index is 12.0. The van der Waals surface area contributed by atoms with Gasteiger partial charge in [0.05, 0.1) is 17.6 Å². The molecule has 0 aromatic carbocycles. The molecule has 0 unspecified atom stereocenters. The van der Waals surface area contributed by atoms with Gasteiger partial charge in [0.15, 0.2) is 0 Å². The number of hydrogen-bond donors (Lipinski definition) is 2. The van der Waals surface area contributed by atoms with Crippen molar-refractivity contribution in [2.24, 2.45) is 16.7 Å². The Labute approximate surface area is 127 Å². The highest BCUT2D eigenvalue weighted by atomic mass is 16.5. The molecule has 21 heavy (non-hydrogen) atoms. The molecule has 0 amide bonds. The van der Waals surface area contributed by atoms with E-state index in [2.05, 4.69) is 0 Å². The summed E-state index contributed by atoms with van der Waals surface area (Å²) in [6.07, 6.45) is 2.58. The fraction of sp³-hybridized carbons (Fsp3) is 0.824. The predicted octanol–water partition coefficient (Wildman–Crippen LogP) is 2.43. The summed E-state index contributed by atoms with van der Waals surface area (Å²) in [5, 5.41) is 20.1. The van der Waals surface area contributed by atoms with Crippen LogP contribution < -0.4 is 0 Å². The quantitative estimate of drug-likeness (QED) is 0.576. The van der Waals surface area contributed by atoms with Crippen LogP contribution in [0.4, 0.5) is 0 Å². The molecule has 0 heterocycles. The first-order valence-electron chi connectivity index (χ1n) is 7.84. The number of allylic oxidation sites excluding steroid dienone is 1. The molecule has 0 aromatic heterocycles. The van der Waals surface area contributed by atoms with Crippen LogP contribution in [0.2, 0.25) is 0 Å². The third-order valence-corrected chi connectivity index (χ3v) is 5.33. The largest absolute Gasteiger partial charge is 0.462 e. The summed E-state index contributed by atoms with van der Waals surface area (Å²) in [4.78, 5) is 12.0. The standard InChI is InChI=1S/C17H28O4/c1-10-8-13(18)14(19)11(2)17(10)7-6-12(9-17)21-15(20)16(3,4)5/h8,11-14,18-19H,6-7,9H2,1-5H3/t11-,12+,13-,14-,17-/m1/s1. The molecule has 120 valence electrons. The minimum atomic E-state index is -0.790. The number of carbonyl (C=O) groups is 1. The molecule has 4 nitrogen and oxygen atoms in total. The minimum Gasteiger partial charge on any atom is -0.462 e. The lowest BCUT2D eigenvalue weighted by Crippen LogP contribution is -2.46. The highest BCUT2D eigenvalue weighted by Crippen LogP contribution is 2.54. The molecule has 0 radical (unpaired) electrons. The summed E-state index contributed by atoms with van der Waals surface area (Å²) >= 11 is 0. The average molecular weight is 296 g/mol. The molecule has 0 aliphatic heterocycles. The minimum absolute atomic E-state index is 0.0316. The number of aliphatic hydroxyl groups is 2. The fourth-order valence-electron chi connectivity index (χ4n) is 3.73. The van der Waals surface area contributed by atoms with E-state index in [4.69, 9.17) is 4.74 Å². The van der Waals surface area contributed by atoms with Crippen molar-refractivity contribution in [1.29, 1.82) is 0 Å². The molecule has 5 atom stereocenters. The Bertz CT molecular complexity index is 448. The number of ether oxygens (including phenoxy) is 1. The van der Waals surface area contributed by atoms with Gasteiger partial charge in [-0.05, 0) is 58.3 Å². The van der Waals surface area contributed by atoms with Crippen LogP contribution in [0.15, 0.2) is 11.6 Å². The maximum Gasteiger partial charge on any atom is 0.311 e. The zero-order valence-electron chi connectivity index (χ0n) is 13.7. The van der Waals surface area contributed by atoms with Crippen LogP contribution in [0.25, 0.3) is 0 Å². The second-order valence-electron chi connectivity index (χ2n) is 7.80. The van der Waals surface area contributed by atoms with Crippen LogP contribution in [0.1, 0.15) is 53.9 Å². The highest BCUT2D eigenvalue weighted by Gasteiger charge is 2.51. The van der Waals surface area contributed by atoms with E-state index in [9.17, 15) is 15.0 Å². The number of carbonyl (C=O) groups excluding carboxylic acids is 1. The summed E-state index contributed by atoms with van der Waals surface area (Å²) < 4.78 is 5.65. The highest BCUT2D eigenvalue weighted by molar-refractivity contribution is 5.75. The van der Waals surface area contributed by atoms with Crippen LogP contribution in [-0.4, -0.2) is 34.5 Å². The normalized spacial score (nSPS) is 40.2. The van der Waals surface area contributed by atoms with Crippen LogP contribution in [-0.2, 0) is 9.53 Å². The molecule has 1 spiro atoms. The molecule has 2 N–H and O–H groups in total. The van der Waals surface area contributed by atoms with Gasteiger partial charge in [-0.15, -0.1) is 0 Å². The van der Waals surface area contributed by atoms with Gasteiger partial charge >= 0.3 is 5.97 Å². The molecule has 0 bridgehead atoms. The van der Waals surface area contributed by atoms with Crippen LogP contribution in [0.5, 0.6) is 0 Å². The van der Waals surface area contributed by atoms with Gasteiger partial charge in [0.1, 0.15) is 6.10 Å². The van der Waals surface area contributed by atoms with Crippen molar-refractivity contribution in [3.05, 3.63) is 11.6 Å². The summed E-state index contributed by atoms with van der Waals surface area (Å²) in [6.45, 7) is 9.57. The Hall–Kier alpha value is -0.870. The van der Waals surface area contributed by atoms with E-state index in [1.54, 1.807) is 6.08 Å². The molecule has 2 aliphatic rings. The molecule has 2 rings (SSSR count). The van der Waals surface area contributed by atoms with Gasteiger partial charge in [0, 0.05) is 0 Å². The third-order valence-electron chi connectivity index (χ3n) is 5.33. The van der Waals surface area contributed by atoms with E-state index in [1.807, 2.05) is 34.6 Å². The van der Waals surface area contributed by atoms with Crippen molar-refractivity contribution in [3.8, 4) is 0 Å². The average Bonchev–Trinajstić information content (AvgIpc) is 2.79. The number of esters is 1. The Morgan fingerprint density at radius 2 is 2.00 bits per heavy atom. The monoisotopic (exact) mass is 296 g/mol. The summed E-state index contributed by atoms with van der Waals surface area (Å²) in [7, 11) is 0. The van der Waals surface area contributed by atoms with Gasteiger partial charge in [0.2, 0.25) is 0 Å². The van der Waals surface area contributed by atoms with Crippen LogP contribution in [0, 0.1) is 16.7 Å². The van der Waals surface area contributed by atoms with E-state index in [0.29, 0.717) is 0 Å². The SMILES string of the molecule is CC1=C[C@@H](O)[C@H](O)[C@@H](C)[C@@]12CC[C@H](OC(=O)C(C)(C)C)C2. The van der Waals surface area contributed by atoms with Gasteiger partial charge in [0.25, 0.3) is 0 Å². The van der Waals surface area contributed by atoms with E-state index >= 15 is 0 Å². The Kier molecular flexibility index (Phi) is 4.24. The smallest absolute Gasteiger partial charge is 0.311 e. The fourth-order valence-corrected chi connectivity index (χ4v) is 3.73. The van der Waals surface area contributed by atoms with E-state index in [1.165, 1.54) is 0 Å². The predicted molar refractivity (Wildman–Crippen MR) is 80.6 cm³/mol. The van der Waals surface area contributed by atoms with Crippen molar-refractivity contribution in [2.45, 2.75) is 72.2 Å². The number of rotatable bonds is 1. The first kappa shape index (κ1) is 16.5. The van der Waals surface area contributed by atoms with E-state index < -0.39 is 17.6 Å². The lowest BCUT2D eigenvalue weighted by atomic mass is 9.63. The number of hydrogen-bond acceptors (Lipinski definition) is 4. The van der Waals surface area contributed by atoms with Gasteiger partial charge in [-0.1, -0.05) is 18.6 Å². The molecule has 1 saturated carbocycles. The van der Waals surface area contributed by atoms with Gasteiger partial charge in [-0.3, -0.25) is 4.79 Å². The van der Waals surface area contributed by atoms with Crippen molar-refractivity contribution in [3.63, 3.8) is 0 Å². The lowest BCUT2D eigenvalue weighted by molar-refractivity contribution is -0.158. The molecule has 0 saturated heterocycles. The summed E-state index contributed by atoms with van der Waals surface area (Å²) in [6, 6.07) is 0. The first-order chi connectivity index (χ1) is 9.58. The van der Waals surface area contributed by atoms with E-state index in [-0.39, 0.29) is 23.4 Å². The molecule has 1 fully saturated rings. The summed E-state index contributed by atoms with van der Waals surface area (Å²) in [5.41, 5.74) is 0.470. The first-order valence-corrected chi connectivity index (χ1v) is 7.84. The topological polar surface area (TPSA) is 66.8 Å². The summed E-state index contributed by atoms with van der Waals surface area (Å²) in [5.74, 6) is -0.203. The van der Waals surface area contributed by atoms with Gasteiger partial charge < -0.3 is 14.9 Å². The Balaban J connectivity index is 2.14. The Morgan fingerprint density at radius 1 is 1.38 bits per heavy atom. The third kappa shape index (κ3) is 2.88. The van der Waals surface area contributed by atoms with Gasteiger partial charge in [-0.2, -0.15) is 0 Å². The second kappa shape index (κ2) is 5.40. The molecular formula is C17H28O4. The van der Waals surface area contributed by atoms with Gasteiger partial charge in [-0.25, -0.2) is 0 Å². The van der Waals surface area contributed by atoms with Crippen molar-refractivity contribution >= 4 is 5.97 Å². The second-order valence-corrected chi connectivity index (χ2v) is 7.80. The zero-order chi connectivity index (χ0) is 16.0. The van der Waals surface area contributed by atoms with Crippen molar-refractivity contribution in [1.82, 2.24) is 0 Å². The van der Waals surface area contributed by atoms with Crippen molar-refractivity contribution < 1.29 is 19.7 Å². The van der Waals surface area contributed by atoms with Crippen LogP contribution >= 0.6 is 0 Å². The molecular weight excluding hydrogens is 268 g/mol. The molecule has 2 aliphatic carbocycles.